The quantitative estimate of drug-likeness (QED) is 0.436. The number of aryl methyl sites for hydroxylation is 2. The highest BCUT2D eigenvalue weighted by molar-refractivity contribution is 6.31. The van der Waals surface area contributed by atoms with Gasteiger partial charge in [0.2, 0.25) is 0 Å². The SMILES string of the molecule is CCn1nc(C)c(Cl)c1CC(CCOCC(F)(F)F)NN. The van der Waals surface area contributed by atoms with Crippen LogP contribution in [0, 0.1) is 6.92 Å². The maximum atomic E-state index is 12.0. The Kier molecular flexibility index (Phi) is 6.92. The number of alkyl halides is 3. The fourth-order valence-corrected chi connectivity index (χ4v) is 2.17. The first-order chi connectivity index (χ1) is 9.78. The molecule has 0 aromatic carbocycles. The molecule has 1 rings (SSSR count). The third-order valence-electron chi connectivity index (χ3n) is 3.00. The highest BCUT2D eigenvalue weighted by Crippen LogP contribution is 2.22. The molecule has 0 spiro atoms. The Morgan fingerprint density at radius 1 is 1.48 bits per heavy atom. The van der Waals surface area contributed by atoms with Gasteiger partial charge >= 0.3 is 6.18 Å². The maximum absolute atomic E-state index is 12.0. The molecule has 1 unspecified atom stereocenters. The molecule has 1 aromatic rings. The van der Waals surface area contributed by atoms with Crippen LogP contribution in [0.1, 0.15) is 24.7 Å². The molecule has 9 heteroatoms. The minimum atomic E-state index is -4.31. The smallest absolute Gasteiger partial charge is 0.372 e. The van der Waals surface area contributed by atoms with Crippen molar-refractivity contribution in [1.29, 1.82) is 0 Å². The largest absolute Gasteiger partial charge is 0.411 e. The molecular weight excluding hydrogens is 309 g/mol. The van der Waals surface area contributed by atoms with E-state index in [9.17, 15) is 13.2 Å². The number of nitrogens with one attached hydrogen (secondary N) is 1. The van der Waals surface area contributed by atoms with Crippen molar-refractivity contribution in [2.24, 2.45) is 5.84 Å². The van der Waals surface area contributed by atoms with Crippen molar-refractivity contribution < 1.29 is 17.9 Å². The third-order valence-corrected chi connectivity index (χ3v) is 3.50. The van der Waals surface area contributed by atoms with E-state index in [2.05, 4.69) is 15.3 Å². The minimum Gasteiger partial charge on any atom is -0.372 e. The standard InChI is InChI=1S/C12H20ClF3N4O/c1-3-20-10(11(13)8(2)19-20)6-9(18-17)4-5-21-7-12(14,15)16/h9,18H,3-7,17H2,1-2H3. The highest BCUT2D eigenvalue weighted by Gasteiger charge is 2.27. The van der Waals surface area contributed by atoms with Gasteiger partial charge in [0.25, 0.3) is 0 Å². The summed E-state index contributed by atoms with van der Waals surface area (Å²) >= 11 is 6.18. The zero-order valence-electron chi connectivity index (χ0n) is 12.0. The minimum absolute atomic E-state index is 0.0365. The van der Waals surface area contributed by atoms with Crippen LogP contribution in [0.25, 0.3) is 0 Å². The topological polar surface area (TPSA) is 65.1 Å². The molecule has 0 saturated carbocycles. The van der Waals surface area contributed by atoms with Crippen LogP contribution in [0.5, 0.6) is 0 Å². The van der Waals surface area contributed by atoms with Gasteiger partial charge in [-0.25, -0.2) is 0 Å². The summed E-state index contributed by atoms with van der Waals surface area (Å²) < 4.78 is 42.3. The lowest BCUT2D eigenvalue weighted by atomic mass is 10.1. The maximum Gasteiger partial charge on any atom is 0.411 e. The summed E-state index contributed by atoms with van der Waals surface area (Å²) in [5.74, 6) is 5.44. The van der Waals surface area contributed by atoms with E-state index in [1.165, 1.54) is 0 Å². The van der Waals surface area contributed by atoms with E-state index in [0.717, 1.165) is 11.4 Å². The van der Waals surface area contributed by atoms with Crippen molar-refractivity contribution in [3.8, 4) is 0 Å². The van der Waals surface area contributed by atoms with Gasteiger partial charge < -0.3 is 4.74 Å². The fraction of sp³-hybridized carbons (Fsp3) is 0.750. The molecule has 1 heterocycles. The van der Waals surface area contributed by atoms with E-state index in [1.54, 1.807) is 11.6 Å². The summed E-state index contributed by atoms with van der Waals surface area (Å²) in [4.78, 5) is 0. The normalized spacial score (nSPS) is 13.7. The molecular formula is C12H20ClF3N4O. The molecule has 0 aliphatic carbocycles. The molecule has 3 N–H and O–H groups in total. The van der Waals surface area contributed by atoms with Crippen LogP contribution in [0.3, 0.4) is 0 Å². The lowest BCUT2D eigenvalue weighted by Gasteiger charge is -2.17. The first-order valence-corrected chi connectivity index (χ1v) is 6.98. The number of halogens is 4. The Morgan fingerprint density at radius 3 is 2.67 bits per heavy atom. The van der Waals surface area contributed by atoms with Gasteiger partial charge in [0, 0.05) is 25.6 Å². The number of aromatic nitrogens is 2. The Morgan fingerprint density at radius 2 is 2.14 bits per heavy atom. The van der Waals surface area contributed by atoms with Crippen LogP contribution in [0.15, 0.2) is 0 Å². The van der Waals surface area contributed by atoms with Crippen molar-refractivity contribution in [2.75, 3.05) is 13.2 Å². The van der Waals surface area contributed by atoms with Gasteiger partial charge in [-0.15, -0.1) is 0 Å². The summed E-state index contributed by atoms with van der Waals surface area (Å²) in [6.07, 6.45) is -3.50. The van der Waals surface area contributed by atoms with Crippen molar-refractivity contribution in [2.45, 2.75) is 45.5 Å². The molecule has 0 bridgehead atoms. The van der Waals surface area contributed by atoms with E-state index in [4.69, 9.17) is 17.4 Å². The summed E-state index contributed by atoms with van der Waals surface area (Å²) in [5.41, 5.74) is 4.11. The number of ether oxygens (including phenoxy) is 1. The lowest BCUT2D eigenvalue weighted by molar-refractivity contribution is -0.174. The molecule has 0 radical (unpaired) electrons. The predicted octanol–water partition coefficient (Wildman–Crippen LogP) is 2.21. The van der Waals surface area contributed by atoms with Gasteiger partial charge in [0.1, 0.15) is 6.61 Å². The summed E-state index contributed by atoms with van der Waals surface area (Å²) in [6.45, 7) is 3.10. The van der Waals surface area contributed by atoms with Crippen LogP contribution in [-0.2, 0) is 17.7 Å². The molecule has 0 saturated heterocycles. The van der Waals surface area contributed by atoms with Gasteiger partial charge in [-0.05, 0) is 20.3 Å². The van der Waals surface area contributed by atoms with Crippen molar-refractivity contribution in [3.63, 3.8) is 0 Å². The Labute approximate surface area is 126 Å². The van der Waals surface area contributed by atoms with E-state index in [0.29, 0.717) is 24.4 Å². The van der Waals surface area contributed by atoms with E-state index in [-0.39, 0.29) is 12.6 Å². The zero-order valence-corrected chi connectivity index (χ0v) is 12.8. The number of nitrogens with zero attached hydrogens (tertiary/aromatic N) is 2. The average Bonchev–Trinajstić information content (AvgIpc) is 2.68. The Bertz CT molecular complexity index is 450. The monoisotopic (exact) mass is 328 g/mol. The second-order valence-corrected chi connectivity index (χ2v) is 5.06. The molecule has 0 aliphatic heterocycles. The molecule has 0 aliphatic rings. The van der Waals surface area contributed by atoms with Gasteiger partial charge in [-0.2, -0.15) is 18.3 Å². The Balaban J connectivity index is 2.54. The van der Waals surface area contributed by atoms with Crippen molar-refractivity contribution in [3.05, 3.63) is 16.4 Å². The highest BCUT2D eigenvalue weighted by atomic mass is 35.5. The molecule has 0 amide bonds. The number of nitrogens with two attached hydrogens (primary N) is 1. The number of hydrogen-bond acceptors (Lipinski definition) is 4. The van der Waals surface area contributed by atoms with Crippen molar-refractivity contribution >= 4 is 11.6 Å². The molecule has 21 heavy (non-hydrogen) atoms. The lowest BCUT2D eigenvalue weighted by Crippen LogP contribution is -2.38. The average molecular weight is 329 g/mol. The van der Waals surface area contributed by atoms with Crippen LogP contribution in [0.2, 0.25) is 5.02 Å². The molecule has 5 nitrogen and oxygen atoms in total. The molecule has 1 aromatic heterocycles. The number of rotatable bonds is 8. The van der Waals surface area contributed by atoms with E-state index in [1.807, 2.05) is 6.92 Å². The molecule has 122 valence electrons. The van der Waals surface area contributed by atoms with Crippen LogP contribution in [-0.4, -0.2) is 35.2 Å². The van der Waals surface area contributed by atoms with E-state index >= 15 is 0 Å². The van der Waals surface area contributed by atoms with Gasteiger partial charge in [-0.1, -0.05) is 11.6 Å². The molecule has 1 atom stereocenters. The summed E-state index contributed by atoms with van der Waals surface area (Å²) in [6, 6.07) is -0.239. The van der Waals surface area contributed by atoms with Crippen LogP contribution < -0.4 is 11.3 Å². The van der Waals surface area contributed by atoms with Gasteiger partial charge in [0.05, 0.1) is 16.4 Å². The fourth-order valence-electron chi connectivity index (χ4n) is 1.96. The number of hydrazine groups is 1. The van der Waals surface area contributed by atoms with Crippen molar-refractivity contribution in [1.82, 2.24) is 15.2 Å². The van der Waals surface area contributed by atoms with E-state index < -0.39 is 12.8 Å². The zero-order chi connectivity index (χ0) is 16.0. The predicted molar refractivity (Wildman–Crippen MR) is 74.0 cm³/mol. The first-order valence-electron chi connectivity index (χ1n) is 6.60. The first kappa shape index (κ1) is 18.2. The second kappa shape index (κ2) is 7.98. The van der Waals surface area contributed by atoms with Crippen LogP contribution in [0.4, 0.5) is 13.2 Å². The number of hydrogen-bond donors (Lipinski definition) is 2. The second-order valence-electron chi connectivity index (χ2n) is 4.69. The van der Waals surface area contributed by atoms with Crippen LogP contribution >= 0.6 is 11.6 Å². The van der Waals surface area contributed by atoms with Gasteiger partial charge in [-0.3, -0.25) is 16.0 Å². The third kappa shape index (κ3) is 5.82. The summed E-state index contributed by atoms with van der Waals surface area (Å²) in [7, 11) is 0. The molecule has 0 fully saturated rings. The summed E-state index contributed by atoms with van der Waals surface area (Å²) in [5, 5.41) is 4.84. The van der Waals surface area contributed by atoms with Gasteiger partial charge in [0.15, 0.2) is 0 Å². The Hall–Kier alpha value is -0.830.